The molecule has 2 N–H and O–H groups in total. The van der Waals surface area contributed by atoms with Gasteiger partial charge in [-0.1, -0.05) is 38.8 Å². The summed E-state index contributed by atoms with van der Waals surface area (Å²) in [7, 11) is -0.850. The minimum absolute atomic E-state index is 0.208. The van der Waals surface area contributed by atoms with Crippen LogP contribution in [0.2, 0.25) is 0 Å². The summed E-state index contributed by atoms with van der Waals surface area (Å²) in [5.74, 6) is 1.69. The predicted molar refractivity (Wildman–Crippen MR) is 116 cm³/mol. The number of fused-ring (bicyclic) bond motifs is 1. The van der Waals surface area contributed by atoms with Crippen LogP contribution >= 0.6 is 0 Å². The number of primary amides is 1. The van der Waals surface area contributed by atoms with Gasteiger partial charge < -0.3 is 19.8 Å². The monoisotopic (exact) mass is 411 g/mol. The highest BCUT2D eigenvalue weighted by molar-refractivity contribution is 6.66. The lowest BCUT2D eigenvalue weighted by molar-refractivity contribution is 0.00578. The Bertz CT molecular complexity index is 1060. The molecule has 30 heavy (non-hydrogen) atoms. The van der Waals surface area contributed by atoms with Gasteiger partial charge in [-0.25, -0.2) is 9.18 Å². The predicted octanol–water partition coefficient (Wildman–Crippen LogP) is 4.01. The molecule has 0 spiro atoms. The fourth-order valence-corrected chi connectivity index (χ4v) is 3.76. The molecule has 7 heteroatoms. The van der Waals surface area contributed by atoms with Crippen LogP contribution in [0, 0.1) is 18.2 Å². The van der Waals surface area contributed by atoms with Gasteiger partial charge in [0.1, 0.15) is 0 Å². The second-order valence-electron chi connectivity index (χ2n) is 9.56. The Morgan fingerprint density at radius 2 is 1.77 bits per heavy atom. The summed E-state index contributed by atoms with van der Waals surface area (Å²) < 4.78 is 33.4. The van der Waals surface area contributed by atoms with Crippen molar-refractivity contribution in [2.24, 2.45) is 5.73 Å². The number of benzene rings is 2. The summed E-state index contributed by atoms with van der Waals surface area (Å²) in [6.07, 6.45) is 4.65. The number of halogens is 1. The molecule has 2 aromatic carbocycles. The molecule has 1 saturated heterocycles. The van der Waals surface area contributed by atoms with E-state index >= 15 is 4.39 Å². The molecule has 0 aromatic heterocycles. The lowest BCUT2D eigenvalue weighted by Gasteiger charge is -2.32. The van der Waals surface area contributed by atoms with Gasteiger partial charge in [0.25, 0.3) is 0 Å². The van der Waals surface area contributed by atoms with E-state index in [2.05, 4.69) is 5.92 Å². The van der Waals surface area contributed by atoms with E-state index in [-0.39, 0.29) is 11.1 Å². The summed E-state index contributed by atoms with van der Waals surface area (Å²) in [5, 5.41) is 0.706. The van der Waals surface area contributed by atoms with Gasteiger partial charge in [-0.2, -0.15) is 0 Å². The first-order valence-corrected chi connectivity index (χ1v) is 9.79. The third-order valence-electron chi connectivity index (χ3n) is 5.86. The average molecular weight is 411 g/mol. The molecule has 1 heterocycles. The highest BCUT2D eigenvalue weighted by Crippen LogP contribution is 2.42. The number of hydrogen-bond donors (Lipinski definition) is 1. The Balaban J connectivity index is 2.52. The van der Waals surface area contributed by atoms with E-state index in [4.69, 9.17) is 26.2 Å². The van der Waals surface area contributed by atoms with Crippen LogP contribution in [0.5, 0.6) is 5.75 Å². The first kappa shape index (κ1) is 22.1. The number of amides is 1. The largest absolute Gasteiger partial charge is 0.495 e. The number of hydrogen-bond acceptors (Lipinski definition) is 4. The van der Waals surface area contributed by atoms with Gasteiger partial charge in [-0.3, -0.25) is 0 Å². The molecule has 0 unspecified atom stereocenters. The Hall–Kier alpha value is -2.56. The van der Waals surface area contributed by atoms with E-state index in [9.17, 15) is 4.79 Å². The van der Waals surface area contributed by atoms with Gasteiger partial charge in [0.15, 0.2) is 11.6 Å². The Morgan fingerprint density at radius 1 is 1.20 bits per heavy atom. The van der Waals surface area contributed by atoms with Crippen molar-refractivity contribution >= 4 is 29.4 Å². The fraction of sp³-hybridized carbons (Fsp3) is 0.435. The highest BCUT2D eigenvalue weighted by atomic mass is 19.1. The summed E-state index contributed by atoms with van der Waals surface area (Å²) in [5.41, 5.74) is 4.81. The van der Waals surface area contributed by atoms with Crippen molar-refractivity contribution < 1.29 is 23.2 Å². The molecule has 0 atom stereocenters. The van der Waals surface area contributed by atoms with Gasteiger partial charge in [0.05, 0.1) is 11.2 Å². The smallest absolute Gasteiger partial charge is 0.407 e. The number of terminal acetylenes is 1. The zero-order chi connectivity index (χ0) is 22.6. The summed E-state index contributed by atoms with van der Waals surface area (Å²) >= 11 is 0. The van der Waals surface area contributed by atoms with Crippen LogP contribution < -0.4 is 15.9 Å². The van der Waals surface area contributed by atoms with Crippen LogP contribution in [0.3, 0.4) is 0 Å². The third kappa shape index (κ3) is 3.44. The number of rotatable bonds is 2. The topological polar surface area (TPSA) is 70.8 Å². The number of nitrogens with two attached hydrogens (primary N) is 1. The van der Waals surface area contributed by atoms with Crippen LogP contribution in [-0.4, -0.2) is 24.4 Å². The van der Waals surface area contributed by atoms with Crippen LogP contribution in [-0.2, 0) is 14.7 Å². The van der Waals surface area contributed by atoms with Gasteiger partial charge in [-0.05, 0) is 44.6 Å². The van der Waals surface area contributed by atoms with Crippen molar-refractivity contribution in [3.05, 3.63) is 35.1 Å². The van der Waals surface area contributed by atoms with Gasteiger partial charge in [-0.15, -0.1) is 6.42 Å². The molecule has 2 aromatic rings. The highest BCUT2D eigenvalue weighted by Gasteiger charge is 2.54. The molecule has 1 fully saturated rings. The van der Waals surface area contributed by atoms with E-state index in [0.29, 0.717) is 22.0 Å². The molecule has 0 saturated carbocycles. The SMILES string of the molecule is C#Cc1cccc2c(F)c(OC(N)=O)c(C(C)(C)C)c(B3OC(C)(C)C(C)(C)O3)c12. The molecule has 158 valence electrons. The van der Waals surface area contributed by atoms with Crippen molar-refractivity contribution in [3.8, 4) is 18.1 Å². The zero-order valence-corrected chi connectivity index (χ0v) is 18.5. The fourth-order valence-electron chi connectivity index (χ4n) is 3.76. The van der Waals surface area contributed by atoms with Crippen molar-refractivity contribution in [3.63, 3.8) is 0 Å². The average Bonchev–Trinajstić information content (AvgIpc) is 2.82. The van der Waals surface area contributed by atoms with Gasteiger partial charge >= 0.3 is 13.2 Å². The Morgan fingerprint density at radius 3 is 2.23 bits per heavy atom. The maximum Gasteiger partial charge on any atom is 0.495 e. The molecule has 5 nitrogen and oxygen atoms in total. The molecular formula is C23H27BFNO4. The summed E-state index contributed by atoms with van der Waals surface area (Å²) in [4.78, 5) is 11.6. The van der Waals surface area contributed by atoms with Crippen molar-refractivity contribution in [2.75, 3.05) is 0 Å². The molecule has 0 bridgehead atoms. The molecule has 1 aliphatic heterocycles. The number of carbonyl (C=O) groups is 1. The molecule has 1 amide bonds. The number of carbonyl (C=O) groups excluding carboxylic acids is 1. The number of ether oxygens (including phenoxy) is 1. The lowest BCUT2D eigenvalue weighted by Crippen LogP contribution is -2.42. The van der Waals surface area contributed by atoms with E-state index in [1.807, 2.05) is 48.5 Å². The maximum absolute atomic E-state index is 15.6. The molecular weight excluding hydrogens is 384 g/mol. The standard InChI is InChI=1S/C23H27BFNO4/c1-9-13-11-10-12-14-15(13)17(24-29-22(5,6)23(7,8)30-24)16(21(2,3)4)19(18(14)25)28-20(26)27/h1,10-12H,2-8H3,(H2,26,27). The van der Waals surface area contributed by atoms with Crippen LogP contribution in [0.15, 0.2) is 18.2 Å². The second kappa shape index (κ2) is 7.00. The quantitative estimate of drug-likeness (QED) is 0.599. The van der Waals surface area contributed by atoms with E-state index < -0.39 is 35.6 Å². The zero-order valence-electron chi connectivity index (χ0n) is 18.5. The minimum atomic E-state index is -1.10. The van der Waals surface area contributed by atoms with Gasteiger partial charge in [0, 0.05) is 21.9 Å². The first-order chi connectivity index (χ1) is 13.7. The molecule has 3 rings (SSSR count). The Labute approximate surface area is 177 Å². The summed E-state index contributed by atoms with van der Waals surface area (Å²) in [6, 6.07) is 4.97. The van der Waals surface area contributed by atoms with Crippen molar-refractivity contribution in [1.82, 2.24) is 0 Å². The molecule has 1 aliphatic rings. The minimum Gasteiger partial charge on any atom is -0.407 e. The molecule has 0 radical (unpaired) electrons. The van der Waals surface area contributed by atoms with E-state index in [1.165, 1.54) is 0 Å². The molecule has 0 aliphatic carbocycles. The third-order valence-corrected chi connectivity index (χ3v) is 5.86. The van der Waals surface area contributed by atoms with E-state index in [0.717, 1.165) is 0 Å². The summed E-state index contributed by atoms with van der Waals surface area (Å²) in [6.45, 7) is 13.4. The van der Waals surface area contributed by atoms with Crippen LogP contribution in [0.4, 0.5) is 9.18 Å². The van der Waals surface area contributed by atoms with Crippen LogP contribution in [0.1, 0.15) is 59.6 Å². The van der Waals surface area contributed by atoms with Crippen molar-refractivity contribution in [1.29, 1.82) is 0 Å². The van der Waals surface area contributed by atoms with Gasteiger partial charge in [0.2, 0.25) is 0 Å². The second-order valence-corrected chi connectivity index (χ2v) is 9.56. The maximum atomic E-state index is 15.6. The first-order valence-electron chi connectivity index (χ1n) is 9.79. The lowest BCUT2D eigenvalue weighted by atomic mass is 9.66. The van der Waals surface area contributed by atoms with Crippen molar-refractivity contribution in [2.45, 2.75) is 65.1 Å². The Kier molecular flexibility index (Phi) is 5.17. The normalized spacial score (nSPS) is 17.8. The van der Waals surface area contributed by atoms with E-state index in [1.54, 1.807) is 18.2 Å². The van der Waals surface area contributed by atoms with Crippen LogP contribution in [0.25, 0.3) is 10.8 Å².